The Balaban J connectivity index is 1.32. The van der Waals surface area contributed by atoms with Gasteiger partial charge in [0.15, 0.2) is 11.5 Å². The first kappa shape index (κ1) is 20.6. The Morgan fingerprint density at radius 3 is 2.60 bits per heavy atom. The van der Waals surface area contributed by atoms with Crippen LogP contribution in [0.25, 0.3) is 10.9 Å². The van der Waals surface area contributed by atoms with Gasteiger partial charge in [-0.3, -0.25) is 9.69 Å². The van der Waals surface area contributed by atoms with Crippen LogP contribution in [-0.2, 0) is 6.54 Å². The van der Waals surface area contributed by atoms with E-state index in [0.717, 1.165) is 54.9 Å². The van der Waals surface area contributed by atoms with Gasteiger partial charge in [-0.1, -0.05) is 23.7 Å². The maximum absolute atomic E-state index is 12.7. The molecule has 2 N–H and O–H groups in total. The highest BCUT2D eigenvalue weighted by molar-refractivity contribution is 6.35. The summed E-state index contributed by atoms with van der Waals surface area (Å²) in [6.45, 7) is 2.71. The van der Waals surface area contributed by atoms with Gasteiger partial charge < -0.3 is 19.8 Å². The number of ether oxygens (including phenoxy) is 2. The molecule has 1 aliphatic heterocycles. The van der Waals surface area contributed by atoms with Gasteiger partial charge in [0, 0.05) is 41.6 Å². The van der Waals surface area contributed by atoms with Gasteiger partial charge in [0.25, 0.3) is 5.91 Å². The maximum Gasteiger partial charge on any atom is 0.267 e. The molecule has 0 bridgehead atoms. The van der Waals surface area contributed by atoms with Crippen molar-refractivity contribution >= 4 is 28.4 Å². The molecule has 2 heterocycles. The van der Waals surface area contributed by atoms with E-state index in [-0.39, 0.29) is 11.9 Å². The third-order valence-electron chi connectivity index (χ3n) is 5.63. The number of hydrogen-bond acceptors (Lipinski definition) is 4. The van der Waals surface area contributed by atoms with Crippen LogP contribution in [0.5, 0.6) is 11.5 Å². The number of hydrogen-bond donors (Lipinski definition) is 2. The minimum absolute atomic E-state index is 0.0828. The number of aromatic nitrogens is 1. The summed E-state index contributed by atoms with van der Waals surface area (Å²) in [4.78, 5) is 18.2. The van der Waals surface area contributed by atoms with Crippen molar-refractivity contribution in [2.75, 3.05) is 27.3 Å². The molecule has 0 spiro atoms. The van der Waals surface area contributed by atoms with Gasteiger partial charge in [-0.05, 0) is 48.7 Å². The van der Waals surface area contributed by atoms with Crippen molar-refractivity contribution in [3.63, 3.8) is 0 Å². The fraction of sp³-hybridized carbons (Fsp3) is 0.348. The standard InChI is InChI=1S/C23H26ClN3O3/c1-29-21-7-6-15(12-22(21)30-2)14-27-10-8-16(9-11-27)25-23(28)20-13-17-18(24)4-3-5-19(17)26-20/h3-7,12-13,16,26H,8-11,14H2,1-2H3,(H,25,28). The first-order chi connectivity index (χ1) is 14.6. The van der Waals surface area contributed by atoms with E-state index in [1.54, 1.807) is 14.2 Å². The molecular formula is C23H26ClN3O3. The third-order valence-corrected chi connectivity index (χ3v) is 5.96. The second-order valence-corrected chi connectivity index (χ2v) is 8.00. The Labute approximate surface area is 181 Å². The topological polar surface area (TPSA) is 66.6 Å². The van der Waals surface area contributed by atoms with Gasteiger partial charge in [0.2, 0.25) is 0 Å². The summed E-state index contributed by atoms with van der Waals surface area (Å²) in [5.74, 6) is 1.40. The number of aromatic amines is 1. The molecule has 158 valence electrons. The van der Waals surface area contributed by atoms with Crippen LogP contribution in [-0.4, -0.2) is 49.1 Å². The average molecular weight is 428 g/mol. The molecule has 2 aromatic carbocycles. The highest BCUT2D eigenvalue weighted by Gasteiger charge is 2.22. The number of methoxy groups -OCH3 is 2. The van der Waals surface area contributed by atoms with E-state index in [2.05, 4.69) is 21.3 Å². The summed E-state index contributed by atoms with van der Waals surface area (Å²) in [6.07, 6.45) is 1.83. The number of nitrogens with zero attached hydrogens (tertiary/aromatic N) is 1. The zero-order chi connectivity index (χ0) is 21.1. The predicted octanol–water partition coefficient (Wildman–Crippen LogP) is 4.23. The van der Waals surface area contributed by atoms with Crippen LogP contribution >= 0.6 is 11.6 Å². The van der Waals surface area contributed by atoms with E-state index in [9.17, 15) is 4.79 Å². The van der Waals surface area contributed by atoms with Gasteiger partial charge in [0.1, 0.15) is 5.69 Å². The van der Waals surface area contributed by atoms with E-state index >= 15 is 0 Å². The molecule has 6 nitrogen and oxygen atoms in total. The number of halogens is 1. The molecule has 1 amide bonds. The molecule has 0 radical (unpaired) electrons. The van der Waals surface area contributed by atoms with Crippen molar-refractivity contribution < 1.29 is 14.3 Å². The number of piperidine rings is 1. The quantitative estimate of drug-likeness (QED) is 0.617. The summed E-state index contributed by atoms with van der Waals surface area (Å²) in [6, 6.07) is 13.6. The first-order valence-corrected chi connectivity index (χ1v) is 10.5. The van der Waals surface area contributed by atoms with Crippen molar-refractivity contribution in [3.8, 4) is 11.5 Å². The predicted molar refractivity (Wildman–Crippen MR) is 119 cm³/mol. The molecular weight excluding hydrogens is 402 g/mol. The molecule has 4 rings (SSSR count). The maximum atomic E-state index is 12.7. The number of benzene rings is 2. The molecule has 0 aliphatic carbocycles. The fourth-order valence-electron chi connectivity index (χ4n) is 3.98. The van der Waals surface area contributed by atoms with E-state index in [4.69, 9.17) is 21.1 Å². The minimum atomic E-state index is -0.0828. The lowest BCUT2D eigenvalue weighted by Crippen LogP contribution is -2.44. The Kier molecular flexibility index (Phi) is 6.16. The number of carbonyl (C=O) groups excluding carboxylic acids is 1. The second-order valence-electron chi connectivity index (χ2n) is 7.60. The smallest absolute Gasteiger partial charge is 0.267 e. The summed E-state index contributed by atoms with van der Waals surface area (Å²) < 4.78 is 10.7. The van der Waals surface area contributed by atoms with E-state index in [1.807, 2.05) is 36.4 Å². The Bertz CT molecular complexity index is 1040. The monoisotopic (exact) mass is 427 g/mol. The largest absolute Gasteiger partial charge is 0.493 e. The lowest BCUT2D eigenvalue weighted by atomic mass is 10.0. The van der Waals surface area contributed by atoms with Crippen LogP contribution in [0.3, 0.4) is 0 Å². The summed E-state index contributed by atoms with van der Waals surface area (Å²) in [5, 5.41) is 4.67. The van der Waals surface area contributed by atoms with Gasteiger partial charge in [-0.25, -0.2) is 0 Å². The fourth-order valence-corrected chi connectivity index (χ4v) is 4.21. The van der Waals surface area contributed by atoms with Crippen LogP contribution in [0.15, 0.2) is 42.5 Å². The van der Waals surface area contributed by atoms with E-state index in [1.165, 1.54) is 5.56 Å². The van der Waals surface area contributed by atoms with Crippen LogP contribution in [0, 0.1) is 0 Å². The van der Waals surface area contributed by atoms with Crippen molar-refractivity contribution in [1.82, 2.24) is 15.2 Å². The molecule has 0 saturated carbocycles. The number of H-pyrrole nitrogens is 1. The highest BCUT2D eigenvalue weighted by atomic mass is 35.5. The molecule has 1 saturated heterocycles. The lowest BCUT2D eigenvalue weighted by Gasteiger charge is -2.32. The number of amides is 1. The lowest BCUT2D eigenvalue weighted by molar-refractivity contribution is 0.0904. The van der Waals surface area contributed by atoms with Crippen LogP contribution in [0.1, 0.15) is 28.9 Å². The molecule has 30 heavy (non-hydrogen) atoms. The van der Waals surface area contributed by atoms with Crippen molar-refractivity contribution in [1.29, 1.82) is 0 Å². The molecule has 7 heteroatoms. The third kappa shape index (κ3) is 4.40. The van der Waals surface area contributed by atoms with Crippen molar-refractivity contribution in [3.05, 3.63) is 58.7 Å². The van der Waals surface area contributed by atoms with Crippen molar-refractivity contribution in [2.24, 2.45) is 0 Å². The Hall–Kier alpha value is -2.70. The normalized spacial score (nSPS) is 15.3. The molecule has 3 aromatic rings. The second kappa shape index (κ2) is 8.98. The average Bonchev–Trinajstić information content (AvgIpc) is 3.21. The van der Waals surface area contributed by atoms with E-state index in [0.29, 0.717) is 10.7 Å². The van der Waals surface area contributed by atoms with E-state index < -0.39 is 0 Å². The van der Waals surface area contributed by atoms with Gasteiger partial charge in [-0.2, -0.15) is 0 Å². The zero-order valence-corrected chi connectivity index (χ0v) is 18.0. The molecule has 0 atom stereocenters. The Morgan fingerprint density at radius 1 is 1.13 bits per heavy atom. The van der Waals surface area contributed by atoms with Gasteiger partial charge in [-0.15, -0.1) is 0 Å². The molecule has 1 fully saturated rings. The van der Waals surface area contributed by atoms with Gasteiger partial charge in [0.05, 0.1) is 14.2 Å². The van der Waals surface area contributed by atoms with Crippen LogP contribution in [0.2, 0.25) is 5.02 Å². The number of rotatable bonds is 6. The van der Waals surface area contributed by atoms with Crippen LogP contribution < -0.4 is 14.8 Å². The Morgan fingerprint density at radius 2 is 1.90 bits per heavy atom. The SMILES string of the molecule is COc1ccc(CN2CCC(NC(=O)c3cc4c(Cl)cccc4[nH]3)CC2)cc1OC. The zero-order valence-electron chi connectivity index (χ0n) is 17.2. The van der Waals surface area contributed by atoms with Gasteiger partial charge >= 0.3 is 0 Å². The number of likely N-dealkylation sites (tertiary alicyclic amines) is 1. The minimum Gasteiger partial charge on any atom is -0.493 e. The summed E-state index contributed by atoms with van der Waals surface area (Å²) in [5.41, 5.74) is 2.60. The number of fused-ring (bicyclic) bond motifs is 1. The molecule has 1 aromatic heterocycles. The van der Waals surface area contributed by atoms with Crippen molar-refractivity contribution in [2.45, 2.75) is 25.4 Å². The number of nitrogens with one attached hydrogen (secondary N) is 2. The molecule has 1 aliphatic rings. The first-order valence-electron chi connectivity index (χ1n) is 10.1. The highest BCUT2D eigenvalue weighted by Crippen LogP contribution is 2.28. The summed E-state index contributed by atoms with van der Waals surface area (Å²) in [7, 11) is 3.29. The van der Waals surface area contributed by atoms with Crippen LogP contribution in [0.4, 0.5) is 0 Å². The summed E-state index contributed by atoms with van der Waals surface area (Å²) >= 11 is 6.21. The number of carbonyl (C=O) groups is 1. The molecule has 0 unspecified atom stereocenters.